The Labute approximate surface area is 103 Å². The number of hydrogen-bond donors (Lipinski definition) is 2. The van der Waals surface area contributed by atoms with Crippen LogP contribution < -0.4 is 5.32 Å². The first-order valence-corrected chi connectivity index (χ1v) is 5.71. The van der Waals surface area contributed by atoms with Gasteiger partial charge in [-0.1, -0.05) is 12.1 Å². The first kappa shape index (κ1) is 13.4. The number of phenols is 1. The molecule has 0 spiro atoms. The topological polar surface area (TPSA) is 41.5 Å². The molecule has 0 aliphatic rings. The van der Waals surface area contributed by atoms with Crippen molar-refractivity contribution in [2.45, 2.75) is 39.3 Å². The van der Waals surface area contributed by atoms with Gasteiger partial charge in [0.05, 0.1) is 6.04 Å². The van der Waals surface area contributed by atoms with Gasteiger partial charge < -0.3 is 15.2 Å². The van der Waals surface area contributed by atoms with Crippen molar-refractivity contribution in [3.63, 3.8) is 0 Å². The molecule has 0 aliphatic carbocycles. The van der Waals surface area contributed by atoms with Crippen LogP contribution in [0.4, 0.5) is 0 Å². The van der Waals surface area contributed by atoms with Gasteiger partial charge in [0.15, 0.2) is 5.88 Å². The molecule has 3 nitrogen and oxygen atoms in total. The molecule has 0 bridgehead atoms. The quantitative estimate of drug-likeness (QED) is 0.786. The molecule has 2 N–H and O–H groups in total. The summed E-state index contributed by atoms with van der Waals surface area (Å²) in [6.07, 6.45) is 0. The molecule has 0 fully saturated rings. The first-order valence-electron chi connectivity index (χ1n) is 5.71. The fraction of sp³-hybridized carbons (Fsp3) is 0.429. The van der Waals surface area contributed by atoms with E-state index in [1.54, 1.807) is 12.1 Å². The Balaban J connectivity index is 2.57. The second-order valence-corrected chi connectivity index (χ2v) is 5.10. The van der Waals surface area contributed by atoms with Crippen LogP contribution in [0.2, 0.25) is 0 Å². The van der Waals surface area contributed by atoms with Crippen LogP contribution in [0, 0.1) is 0 Å². The number of nitrogens with one attached hydrogen (secondary N) is 1. The molecule has 1 unspecified atom stereocenters. The van der Waals surface area contributed by atoms with Crippen LogP contribution in [0.1, 0.15) is 39.3 Å². The van der Waals surface area contributed by atoms with Crippen molar-refractivity contribution in [2.75, 3.05) is 0 Å². The summed E-state index contributed by atoms with van der Waals surface area (Å²) in [6, 6.07) is 7.17. The predicted octanol–water partition coefficient (Wildman–Crippen LogP) is 3.33. The summed E-state index contributed by atoms with van der Waals surface area (Å²) in [5.74, 6) is 0.823. The fourth-order valence-electron chi connectivity index (χ4n) is 1.49. The highest BCUT2D eigenvalue weighted by Crippen LogP contribution is 2.19. The van der Waals surface area contributed by atoms with E-state index < -0.39 is 0 Å². The average Bonchev–Trinajstić information content (AvgIpc) is 2.15. The molecule has 1 rings (SSSR count). The minimum Gasteiger partial charge on any atom is -0.508 e. The van der Waals surface area contributed by atoms with Crippen LogP contribution in [-0.4, -0.2) is 10.7 Å². The molecule has 1 aromatic carbocycles. The monoisotopic (exact) mass is 235 g/mol. The maximum atomic E-state index is 9.21. The third-order valence-electron chi connectivity index (χ3n) is 2.20. The molecule has 3 heteroatoms. The first-order chi connectivity index (χ1) is 7.78. The van der Waals surface area contributed by atoms with Crippen molar-refractivity contribution in [1.82, 2.24) is 5.32 Å². The Morgan fingerprint density at radius 1 is 1.29 bits per heavy atom. The van der Waals surface area contributed by atoms with E-state index in [1.807, 2.05) is 39.8 Å². The van der Waals surface area contributed by atoms with Crippen LogP contribution in [0.5, 0.6) is 5.75 Å². The second-order valence-electron chi connectivity index (χ2n) is 5.10. The molecular weight excluding hydrogens is 214 g/mol. The number of rotatable bonds is 4. The Kier molecular flexibility index (Phi) is 4.05. The Hall–Kier alpha value is -1.64. The van der Waals surface area contributed by atoms with Crippen molar-refractivity contribution >= 4 is 0 Å². The van der Waals surface area contributed by atoms with Crippen LogP contribution >= 0.6 is 0 Å². The zero-order chi connectivity index (χ0) is 13.1. The standard InChI is InChI=1S/C14H21NO2/c1-10(12-6-8-13(16)9-7-12)15-11(2)17-14(3,4)5/h6-10,15-16H,2H2,1,3-5H3. The molecular formula is C14H21NO2. The summed E-state index contributed by atoms with van der Waals surface area (Å²) in [7, 11) is 0. The van der Waals surface area contributed by atoms with Gasteiger partial charge in [0.2, 0.25) is 0 Å². The highest BCUT2D eigenvalue weighted by molar-refractivity contribution is 5.28. The zero-order valence-corrected chi connectivity index (χ0v) is 10.9. The van der Waals surface area contributed by atoms with Gasteiger partial charge in [0, 0.05) is 0 Å². The van der Waals surface area contributed by atoms with Gasteiger partial charge in [-0.05, 0) is 52.0 Å². The summed E-state index contributed by atoms with van der Waals surface area (Å²) in [6.45, 7) is 11.8. The van der Waals surface area contributed by atoms with Gasteiger partial charge in [0.1, 0.15) is 11.4 Å². The van der Waals surface area contributed by atoms with Crippen LogP contribution in [0.25, 0.3) is 0 Å². The van der Waals surface area contributed by atoms with E-state index in [4.69, 9.17) is 4.74 Å². The largest absolute Gasteiger partial charge is 0.508 e. The van der Waals surface area contributed by atoms with Gasteiger partial charge >= 0.3 is 0 Å². The Morgan fingerprint density at radius 3 is 2.29 bits per heavy atom. The van der Waals surface area contributed by atoms with Gasteiger partial charge in [-0.25, -0.2) is 0 Å². The lowest BCUT2D eigenvalue weighted by atomic mass is 10.1. The summed E-state index contributed by atoms with van der Waals surface area (Å²) >= 11 is 0. The van der Waals surface area contributed by atoms with E-state index in [2.05, 4.69) is 11.9 Å². The summed E-state index contributed by atoms with van der Waals surface area (Å²) < 4.78 is 5.60. The molecule has 0 aliphatic heterocycles. The lowest BCUT2D eigenvalue weighted by molar-refractivity contribution is 0.0389. The van der Waals surface area contributed by atoms with E-state index >= 15 is 0 Å². The van der Waals surface area contributed by atoms with E-state index in [0.29, 0.717) is 5.88 Å². The molecule has 0 amide bonds. The third-order valence-corrected chi connectivity index (χ3v) is 2.20. The van der Waals surface area contributed by atoms with Crippen molar-refractivity contribution in [3.05, 3.63) is 42.3 Å². The maximum Gasteiger partial charge on any atom is 0.180 e. The summed E-state index contributed by atoms with van der Waals surface area (Å²) in [4.78, 5) is 0. The third kappa shape index (κ3) is 4.81. The van der Waals surface area contributed by atoms with Crippen LogP contribution in [0.15, 0.2) is 36.7 Å². The van der Waals surface area contributed by atoms with E-state index in [0.717, 1.165) is 5.56 Å². The molecule has 0 saturated heterocycles. The predicted molar refractivity (Wildman–Crippen MR) is 69.6 cm³/mol. The van der Waals surface area contributed by atoms with Crippen molar-refractivity contribution < 1.29 is 9.84 Å². The Bertz CT molecular complexity index is 376. The van der Waals surface area contributed by atoms with E-state index in [1.165, 1.54) is 0 Å². The zero-order valence-electron chi connectivity index (χ0n) is 10.9. The van der Waals surface area contributed by atoms with Crippen LogP contribution in [0.3, 0.4) is 0 Å². The molecule has 0 aromatic heterocycles. The fourth-order valence-corrected chi connectivity index (χ4v) is 1.49. The van der Waals surface area contributed by atoms with Crippen molar-refractivity contribution in [3.8, 4) is 5.75 Å². The molecule has 94 valence electrons. The average molecular weight is 235 g/mol. The normalized spacial score (nSPS) is 12.9. The smallest absolute Gasteiger partial charge is 0.180 e. The number of hydrogen-bond acceptors (Lipinski definition) is 3. The van der Waals surface area contributed by atoms with Crippen molar-refractivity contribution in [2.24, 2.45) is 0 Å². The van der Waals surface area contributed by atoms with E-state index in [-0.39, 0.29) is 17.4 Å². The molecule has 0 saturated carbocycles. The molecule has 17 heavy (non-hydrogen) atoms. The minimum absolute atomic E-state index is 0.0884. The lowest BCUT2D eigenvalue weighted by Crippen LogP contribution is -2.26. The molecule has 1 atom stereocenters. The van der Waals surface area contributed by atoms with Gasteiger partial charge in [-0.2, -0.15) is 0 Å². The highest BCUT2D eigenvalue weighted by Gasteiger charge is 2.14. The SMILES string of the molecule is C=C(NC(C)c1ccc(O)cc1)OC(C)(C)C. The van der Waals surface area contributed by atoms with Gasteiger partial charge in [-0.15, -0.1) is 0 Å². The maximum absolute atomic E-state index is 9.21. The number of benzene rings is 1. The lowest BCUT2D eigenvalue weighted by Gasteiger charge is -2.25. The van der Waals surface area contributed by atoms with Gasteiger partial charge in [0.25, 0.3) is 0 Å². The molecule has 1 aromatic rings. The van der Waals surface area contributed by atoms with E-state index in [9.17, 15) is 5.11 Å². The number of aromatic hydroxyl groups is 1. The number of ether oxygens (including phenoxy) is 1. The minimum atomic E-state index is -0.251. The van der Waals surface area contributed by atoms with Crippen LogP contribution in [-0.2, 0) is 4.74 Å². The molecule has 0 radical (unpaired) electrons. The second kappa shape index (κ2) is 5.13. The summed E-state index contributed by atoms with van der Waals surface area (Å²) in [5, 5.41) is 12.4. The molecule has 0 heterocycles. The Morgan fingerprint density at radius 2 is 1.82 bits per heavy atom. The number of phenolic OH excluding ortho intramolecular Hbond substituents is 1. The highest BCUT2D eigenvalue weighted by atomic mass is 16.5. The summed E-state index contributed by atoms with van der Waals surface area (Å²) in [5.41, 5.74) is 0.820. The van der Waals surface area contributed by atoms with Crippen molar-refractivity contribution in [1.29, 1.82) is 0 Å². The van der Waals surface area contributed by atoms with Gasteiger partial charge in [-0.3, -0.25) is 0 Å².